The van der Waals surface area contributed by atoms with E-state index in [4.69, 9.17) is 4.42 Å². The van der Waals surface area contributed by atoms with Crippen LogP contribution >= 0.6 is 0 Å². The molecule has 0 bridgehead atoms. The van der Waals surface area contributed by atoms with Crippen molar-refractivity contribution in [3.8, 4) is 11.5 Å². The molecule has 128 valence electrons. The summed E-state index contributed by atoms with van der Waals surface area (Å²) in [6.07, 6.45) is 2.99. The molecule has 0 fully saturated rings. The van der Waals surface area contributed by atoms with Crippen molar-refractivity contribution in [1.29, 1.82) is 0 Å². The Morgan fingerprint density at radius 1 is 1.08 bits per heavy atom. The molecule has 9 heteroatoms. The van der Waals surface area contributed by atoms with E-state index in [-0.39, 0.29) is 25.2 Å². The molecule has 3 rings (SSSR count). The third kappa shape index (κ3) is 4.08. The Hall–Kier alpha value is -3.49. The van der Waals surface area contributed by atoms with E-state index in [1.165, 1.54) is 35.3 Å². The number of amides is 1. The quantitative estimate of drug-likeness (QED) is 0.669. The minimum absolute atomic E-state index is 0.211. The van der Waals surface area contributed by atoms with Crippen LogP contribution in [0.25, 0.3) is 11.5 Å². The highest BCUT2D eigenvalue weighted by molar-refractivity contribution is 5.75. The van der Waals surface area contributed by atoms with Crippen molar-refractivity contribution >= 4 is 5.91 Å². The Morgan fingerprint density at radius 2 is 1.92 bits per heavy atom. The molecule has 0 aliphatic heterocycles. The van der Waals surface area contributed by atoms with Gasteiger partial charge in [0.25, 0.3) is 11.1 Å². The highest BCUT2D eigenvalue weighted by Crippen LogP contribution is 2.14. The summed E-state index contributed by atoms with van der Waals surface area (Å²) in [6, 6.07) is 9.20. The van der Waals surface area contributed by atoms with Gasteiger partial charge in [0.2, 0.25) is 5.91 Å². The molecule has 25 heavy (non-hydrogen) atoms. The SMILES string of the molecule is O=C(Cn1nc(-c2ccco2)ccc1=O)NCCn1ncccc1=O. The second-order valence-corrected chi connectivity index (χ2v) is 5.13. The number of hydrogen-bond donors (Lipinski definition) is 1. The van der Waals surface area contributed by atoms with Crippen molar-refractivity contribution in [2.45, 2.75) is 13.1 Å². The molecule has 3 aromatic rings. The van der Waals surface area contributed by atoms with Crippen molar-refractivity contribution in [3.63, 3.8) is 0 Å². The van der Waals surface area contributed by atoms with Gasteiger partial charge in [-0.1, -0.05) is 0 Å². The molecule has 0 saturated carbocycles. The highest BCUT2D eigenvalue weighted by atomic mass is 16.3. The molecule has 0 radical (unpaired) electrons. The highest BCUT2D eigenvalue weighted by Gasteiger charge is 2.09. The van der Waals surface area contributed by atoms with E-state index in [0.717, 1.165) is 4.68 Å². The maximum atomic E-state index is 12.0. The van der Waals surface area contributed by atoms with E-state index in [1.54, 1.807) is 18.2 Å². The van der Waals surface area contributed by atoms with Crippen LogP contribution in [-0.4, -0.2) is 32.0 Å². The van der Waals surface area contributed by atoms with Gasteiger partial charge >= 0.3 is 0 Å². The van der Waals surface area contributed by atoms with Gasteiger partial charge in [-0.25, -0.2) is 9.36 Å². The number of carbonyl (C=O) groups excluding carboxylic acids is 1. The Labute approximate surface area is 141 Å². The predicted molar refractivity (Wildman–Crippen MR) is 87.7 cm³/mol. The molecule has 0 atom stereocenters. The van der Waals surface area contributed by atoms with Gasteiger partial charge in [0.05, 0.1) is 12.8 Å². The van der Waals surface area contributed by atoms with E-state index in [2.05, 4.69) is 15.5 Å². The first-order valence-corrected chi connectivity index (χ1v) is 7.54. The van der Waals surface area contributed by atoms with Gasteiger partial charge in [0.1, 0.15) is 12.2 Å². The molecular formula is C16H15N5O4. The van der Waals surface area contributed by atoms with Crippen LogP contribution in [0, 0.1) is 0 Å². The average Bonchev–Trinajstić information content (AvgIpc) is 3.13. The van der Waals surface area contributed by atoms with Crippen LogP contribution in [0.1, 0.15) is 0 Å². The van der Waals surface area contributed by atoms with Crippen molar-refractivity contribution in [3.05, 3.63) is 69.6 Å². The smallest absolute Gasteiger partial charge is 0.267 e. The van der Waals surface area contributed by atoms with Crippen molar-refractivity contribution in [2.24, 2.45) is 0 Å². The summed E-state index contributed by atoms with van der Waals surface area (Å²) in [7, 11) is 0. The van der Waals surface area contributed by atoms with Crippen LogP contribution in [0.15, 0.2) is 62.9 Å². The number of nitrogens with one attached hydrogen (secondary N) is 1. The summed E-state index contributed by atoms with van der Waals surface area (Å²) < 4.78 is 7.52. The molecule has 3 heterocycles. The lowest BCUT2D eigenvalue weighted by Gasteiger charge is -2.08. The standard InChI is InChI=1S/C16H15N5O4/c22-14(17-8-9-20-15(23)4-1-7-18-20)11-21-16(24)6-5-12(19-21)13-3-2-10-25-13/h1-7,10H,8-9,11H2,(H,17,22). The predicted octanol–water partition coefficient (Wildman–Crippen LogP) is -0.124. The van der Waals surface area contributed by atoms with Crippen LogP contribution in [0.5, 0.6) is 0 Å². The Morgan fingerprint density at radius 3 is 2.68 bits per heavy atom. The first kappa shape index (κ1) is 16.4. The molecule has 0 spiro atoms. The number of nitrogens with zero attached hydrogens (tertiary/aromatic N) is 4. The van der Waals surface area contributed by atoms with Gasteiger partial charge < -0.3 is 9.73 Å². The molecular weight excluding hydrogens is 326 g/mol. The zero-order valence-electron chi connectivity index (χ0n) is 13.2. The minimum atomic E-state index is -0.397. The van der Waals surface area contributed by atoms with Crippen LogP contribution in [0.2, 0.25) is 0 Å². The van der Waals surface area contributed by atoms with Crippen molar-refractivity contribution in [2.75, 3.05) is 6.54 Å². The maximum absolute atomic E-state index is 12.0. The fourth-order valence-corrected chi connectivity index (χ4v) is 2.17. The second kappa shape index (κ2) is 7.39. The molecule has 0 saturated heterocycles. The van der Waals surface area contributed by atoms with E-state index in [0.29, 0.717) is 11.5 Å². The summed E-state index contributed by atoms with van der Waals surface area (Å²) in [6.45, 7) is 0.215. The fourth-order valence-electron chi connectivity index (χ4n) is 2.17. The normalized spacial score (nSPS) is 10.6. The number of carbonyl (C=O) groups is 1. The second-order valence-electron chi connectivity index (χ2n) is 5.13. The van der Waals surface area contributed by atoms with Crippen molar-refractivity contribution < 1.29 is 9.21 Å². The van der Waals surface area contributed by atoms with E-state index in [1.807, 2.05) is 0 Å². The Balaban J connectivity index is 1.61. The van der Waals surface area contributed by atoms with Crippen LogP contribution in [-0.2, 0) is 17.9 Å². The Bertz CT molecular complexity index is 974. The zero-order chi connectivity index (χ0) is 17.6. The topological polar surface area (TPSA) is 112 Å². The van der Waals surface area contributed by atoms with E-state index >= 15 is 0 Å². The molecule has 3 aromatic heterocycles. The van der Waals surface area contributed by atoms with Crippen LogP contribution < -0.4 is 16.4 Å². The molecule has 0 aliphatic carbocycles. The molecule has 1 N–H and O–H groups in total. The summed E-state index contributed by atoms with van der Waals surface area (Å²) in [5.74, 6) is 0.110. The van der Waals surface area contributed by atoms with Crippen LogP contribution in [0.3, 0.4) is 0 Å². The lowest BCUT2D eigenvalue weighted by molar-refractivity contribution is -0.121. The van der Waals surface area contributed by atoms with Gasteiger partial charge in [-0.3, -0.25) is 14.4 Å². The molecule has 1 amide bonds. The lowest BCUT2D eigenvalue weighted by atomic mass is 10.3. The van der Waals surface area contributed by atoms with Gasteiger partial charge in [-0.2, -0.15) is 10.2 Å². The largest absolute Gasteiger partial charge is 0.463 e. The van der Waals surface area contributed by atoms with Gasteiger partial charge in [-0.15, -0.1) is 0 Å². The molecule has 9 nitrogen and oxygen atoms in total. The average molecular weight is 341 g/mol. The minimum Gasteiger partial charge on any atom is -0.463 e. The first-order valence-electron chi connectivity index (χ1n) is 7.54. The molecule has 0 aliphatic rings. The number of hydrogen-bond acceptors (Lipinski definition) is 6. The summed E-state index contributed by atoms with van der Waals surface area (Å²) in [4.78, 5) is 35.4. The summed E-state index contributed by atoms with van der Waals surface area (Å²) in [5, 5.41) is 10.6. The van der Waals surface area contributed by atoms with Gasteiger partial charge in [0, 0.05) is 24.9 Å². The third-order valence-electron chi connectivity index (χ3n) is 3.36. The number of rotatable bonds is 6. The van der Waals surface area contributed by atoms with Gasteiger partial charge in [0.15, 0.2) is 5.76 Å². The maximum Gasteiger partial charge on any atom is 0.267 e. The van der Waals surface area contributed by atoms with E-state index < -0.39 is 11.5 Å². The molecule has 0 aromatic carbocycles. The summed E-state index contributed by atoms with van der Waals surface area (Å²) in [5.41, 5.74) is -0.190. The molecule has 0 unspecified atom stereocenters. The number of furan rings is 1. The zero-order valence-corrected chi connectivity index (χ0v) is 13.2. The lowest BCUT2D eigenvalue weighted by Crippen LogP contribution is -2.36. The summed E-state index contributed by atoms with van der Waals surface area (Å²) >= 11 is 0. The van der Waals surface area contributed by atoms with E-state index in [9.17, 15) is 14.4 Å². The fraction of sp³-hybridized carbons (Fsp3) is 0.188. The first-order chi connectivity index (χ1) is 12.1. The van der Waals surface area contributed by atoms with Gasteiger partial charge in [-0.05, 0) is 24.3 Å². The number of aromatic nitrogens is 4. The van der Waals surface area contributed by atoms with Crippen LogP contribution in [0.4, 0.5) is 0 Å². The van der Waals surface area contributed by atoms with Crippen molar-refractivity contribution in [1.82, 2.24) is 24.9 Å². The Kier molecular flexibility index (Phi) is 4.84. The monoisotopic (exact) mass is 341 g/mol. The third-order valence-corrected chi connectivity index (χ3v) is 3.36.